The fraction of sp³-hybridized carbons (Fsp3) is 0.308. The molecule has 18 heavy (non-hydrogen) atoms. The number of nitrogens with two attached hydrogens (primary N) is 1. The first-order chi connectivity index (χ1) is 8.72. The molecule has 0 atom stereocenters. The van der Waals surface area contributed by atoms with Crippen molar-refractivity contribution in [1.29, 1.82) is 0 Å². The summed E-state index contributed by atoms with van der Waals surface area (Å²) in [7, 11) is 0. The summed E-state index contributed by atoms with van der Waals surface area (Å²) >= 11 is 3.48. The Hall–Kier alpha value is -1.33. The van der Waals surface area contributed by atoms with Gasteiger partial charge in [-0.3, -0.25) is 4.68 Å². The van der Waals surface area contributed by atoms with E-state index < -0.39 is 0 Å². The van der Waals surface area contributed by atoms with Gasteiger partial charge in [0.25, 0.3) is 0 Å². The molecule has 0 radical (unpaired) electrons. The molecule has 0 unspecified atom stereocenters. The summed E-state index contributed by atoms with van der Waals surface area (Å²) in [6.07, 6.45) is 3.81. The van der Waals surface area contributed by atoms with E-state index in [9.17, 15) is 0 Å². The molecule has 4 nitrogen and oxygen atoms in total. The summed E-state index contributed by atoms with van der Waals surface area (Å²) in [5, 5.41) is 4.21. The topological polar surface area (TPSA) is 53.1 Å². The van der Waals surface area contributed by atoms with Gasteiger partial charge < -0.3 is 10.5 Å². The van der Waals surface area contributed by atoms with Crippen LogP contribution < -0.4 is 10.5 Å². The van der Waals surface area contributed by atoms with Gasteiger partial charge in [-0.25, -0.2) is 0 Å². The molecule has 2 aromatic rings. The molecule has 96 valence electrons. The minimum absolute atomic E-state index is 0.514. The van der Waals surface area contributed by atoms with E-state index in [0.717, 1.165) is 27.9 Å². The van der Waals surface area contributed by atoms with Crippen LogP contribution in [-0.2, 0) is 19.7 Å². The molecule has 0 fully saturated rings. The SMILES string of the molecule is CCn1cc(COc2ccc(CN)cc2Br)cn1. The summed E-state index contributed by atoms with van der Waals surface area (Å²) < 4.78 is 8.54. The molecular weight excluding hydrogens is 294 g/mol. The van der Waals surface area contributed by atoms with Gasteiger partial charge in [-0.15, -0.1) is 0 Å². The van der Waals surface area contributed by atoms with Crippen LogP contribution in [0.5, 0.6) is 5.75 Å². The lowest BCUT2D eigenvalue weighted by Gasteiger charge is -2.08. The van der Waals surface area contributed by atoms with Crippen LogP contribution in [0.3, 0.4) is 0 Å². The maximum atomic E-state index is 5.74. The molecule has 2 rings (SSSR count). The molecule has 5 heteroatoms. The van der Waals surface area contributed by atoms with Gasteiger partial charge in [-0.1, -0.05) is 6.07 Å². The van der Waals surface area contributed by atoms with Crippen molar-refractivity contribution < 1.29 is 4.74 Å². The molecule has 0 aliphatic rings. The standard InChI is InChI=1S/C13H16BrN3O/c1-2-17-8-11(7-16-17)9-18-13-4-3-10(6-15)5-12(13)14/h3-5,7-8H,2,6,9,15H2,1H3. The maximum Gasteiger partial charge on any atom is 0.134 e. The van der Waals surface area contributed by atoms with E-state index in [0.29, 0.717) is 13.2 Å². The first kappa shape index (κ1) is 13.1. The smallest absolute Gasteiger partial charge is 0.134 e. The van der Waals surface area contributed by atoms with Gasteiger partial charge in [0, 0.05) is 24.8 Å². The minimum Gasteiger partial charge on any atom is -0.488 e. The van der Waals surface area contributed by atoms with Gasteiger partial charge in [0.15, 0.2) is 0 Å². The quantitative estimate of drug-likeness (QED) is 0.924. The first-order valence-electron chi connectivity index (χ1n) is 5.85. The number of ether oxygens (including phenoxy) is 1. The highest BCUT2D eigenvalue weighted by molar-refractivity contribution is 9.10. The van der Waals surface area contributed by atoms with Crippen LogP contribution in [0.4, 0.5) is 0 Å². The van der Waals surface area contributed by atoms with E-state index in [1.807, 2.05) is 35.3 Å². The summed E-state index contributed by atoms with van der Waals surface area (Å²) in [4.78, 5) is 0. The van der Waals surface area contributed by atoms with Crippen LogP contribution in [-0.4, -0.2) is 9.78 Å². The molecule has 0 saturated heterocycles. The second-order valence-electron chi connectivity index (χ2n) is 3.96. The average Bonchev–Trinajstić information content (AvgIpc) is 2.85. The van der Waals surface area contributed by atoms with Crippen molar-refractivity contribution in [3.63, 3.8) is 0 Å². The molecule has 0 spiro atoms. The number of halogens is 1. The van der Waals surface area contributed by atoms with Crippen LogP contribution in [0.15, 0.2) is 35.1 Å². The molecule has 0 aliphatic carbocycles. The lowest BCUT2D eigenvalue weighted by atomic mass is 10.2. The molecule has 0 aliphatic heterocycles. The maximum absolute atomic E-state index is 5.74. The molecule has 1 heterocycles. The number of hydrogen-bond donors (Lipinski definition) is 1. The van der Waals surface area contributed by atoms with Gasteiger partial charge in [-0.05, 0) is 40.5 Å². The molecule has 0 bridgehead atoms. The van der Waals surface area contributed by atoms with Crippen molar-refractivity contribution in [1.82, 2.24) is 9.78 Å². The van der Waals surface area contributed by atoms with Gasteiger partial charge in [-0.2, -0.15) is 5.10 Å². The Morgan fingerprint density at radius 1 is 1.39 bits per heavy atom. The van der Waals surface area contributed by atoms with Crippen LogP contribution in [0, 0.1) is 0 Å². The summed E-state index contributed by atoms with van der Waals surface area (Å²) in [6.45, 7) is 3.97. The van der Waals surface area contributed by atoms with Crippen LogP contribution in [0.25, 0.3) is 0 Å². The predicted molar refractivity (Wildman–Crippen MR) is 74.3 cm³/mol. The van der Waals surface area contributed by atoms with Crippen molar-refractivity contribution in [2.24, 2.45) is 5.73 Å². The highest BCUT2D eigenvalue weighted by Crippen LogP contribution is 2.26. The number of hydrogen-bond acceptors (Lipinski definition) is 3. The zero-order valence-corrected chi connectivity index (χ0v) is 11.9. The fourth-order valence-corrected chi connectivity index (χ4v) is 2.14. The molecule has 1 aromatic heterocycles. The van der Waals surface area contributed by atoms with E-state index in [1.54, 1.807) is 0 Å². The number of rotatable bonds is 5. The first-order valence-corrected chi connectivity index (χ1v) is 6.65. The second-order valence-corrected chi connectivity index (χ2v) is 4.82. The van der Waals surface area contributed by atoms with Gasteiger partial charge in [0.05, 0.1) is 10.7 Å². The van der Waals surface area contributed by atoms with Gasteiger partial charge >= 0.3 is 0 Å². The number of aromatic nitrogens is 2. The van der Waals surface area contributed by atoms with E-state index in [1.165, 1.54) is 0 Å². The lowest BCUT2D eigenvalue weighted by Crippen LogP contribution is -1.98. The normalized spacial score (nSPS) is 10.6. The van der Waals surface area contributed by atoms with Crippen molar-refractivity contribution in [2.75, 3.05) is 0 Å². The minimum atomic E-state index is 0.514. The highest BCUT2D eigenvalue weighted by atomic mass is 79.9. The molecular formula is C13H16BrN3O. The van der Waals surface area contributed by atoms with Crippen LogP contribution in [0.2, 0.25) is 0 Å². The van der Waals surface area contributed by atoms with Crippen LogP contribution >= 0.6 is 15.9 Å². The molecule has 1 aromatic carbocycles. The second kappa shape index (κ2) is 6.02. The molecule has 0 saturated carbocycles. The molecule has 0 amide bonds. The summed E-state index contributed by atoms with van der Waals surface area (Å²) in [6, 6.07) is 5.87. The number of benzene rings is 1. The Labute approximate surface area is 115 Å². The lowest BCUT2D eigenvalue weighted by molar-refractivity contribution is 0.304. The fourth-order valence-electron chi connectivity index (χ4n) is 1.60. The summed E-state index contributed by atoms with van der Waals surface area (Å²) in [5.41, 5.74) is 7.72. The van der Waals surface area contributed by atoms with E-state index >= 15 is 0 Å². The Bertz CT molecular complexity index is 525. The third kappa shape index (κ3) is 3.11. The zero-order valence-electron chi connectivity index (χ0n) is 10.3. The Morgan fingerprint density at radius 3 is 2.83 bits per heavy atom. The Kier molecular flexibility index (Phi) is 4.38. The van der Waals surface area contributed by atoms with Crippen LogP contribution in [0.1, 0.15) is 18.1 Å². The summed E-state index contributed by atoms with van der Waals surface area (Å²) in [5.74, 6) is 0.816. The Morgan fingerprint density at radius 2 is 2.22 bits per heavy atom. The van der Waals surface area contributed by atoms with E-state index in [2.05, 4.69) is 28.0 Å². The highest BCUT2D eigenvalue weighted by Gasteiger charge is 2.04. The average molecular weight is 310 g/mol. The van der Waals surface area contributed by atoms with E-state index in [-0.39, 0.29) is 0 Å². The number of aryl methyl sites for hydroxylation is 1. The predicted octanol–water partition coefficient (Wildman–Crippen LogP) is 2.70. The monoisotopic (exact) mass is 309 g/mol. The number of nitrogens with zero attached hydrogens (tertiary/aromatic N) is 2. The Balaban J connectivity index is 2.01. The molecule has 2 N–H and O–H groups in total. The van der Waals surface area contributed by atoms with Crippen molar-refractivity contribution in [2.45, 2.75) is 26.6 Å². The largest absolute Gasteiger partial charge is 0.488 e. The van der Waals surface area contributed by atoms with Crippen molar-refractivity contribution >= 4 is 15.9 Å². The van der Waals surface area contributed by atoms with E-state index in [4.69, 9.17) is 10.5 Å². The zero-order chi connectivity index (χ0) is 13.0. The third-order valence-corrected chi connectivity index (χ3v) is 3.26. The van der Waals surface area contributed by atoms with Crippen molar-refractivity contribution in [3.05, 3.63) is 46.2 Å². The third-order valence-electron chi connectivity index (χ3n) is 2.64. The van der Waals surface area contributed by atoms with Crippen molar-refractivity contribution in [3.8, 4) is 5.75 Å². The van der Waals surface area contributed by atoms with Gasteiger partial charge in [0.2, 0.25) is 0 Å². The van der Waals surface area contributed by atoms with Gasteiger partial charge in [0.1, 0.15) is 12.4 Å².